The average molecular weight is 709 g/mol. The van der Waals surface area contributed by atoms with E-state index in [1.807, 2.05) is 6.07 Å². The van der Waals surface area contributed by atoms with Gasteiger partial charge in [0.05, 0.1) is 12.0 Å². The normalized spacial score (nSPS) is 18.4. The minimum Gasteiger partial charge on any atom is -0.371 e. The number of nitrogens with zero attached hydrogens (tertiary/aromatic N) is 2. The summed E-state index contributed by atoms with van der Waals surface area (Å²) in [4.78, 5) is 6.68. The number of benzene rings is 5. The number of hydrogen-bond acceptors (Lipinski definition) is 1. The summed E-state index contributed by atoms with van der Waals surface area (Å²) < 4.78 is 0. The molecule has 3 atom stereocenters. The number of aryl methyl sites for hydroxylation is 4. The van der Waals surface area contributed by atoms with E-state index in [2.05, 4.69) is 116 Å². The van der Waals surface area contributed by atoms with Gasteiger partial charge in [0.2, 0.25) is 0 Å². The van der Waals surface area contributed by atoms with Crippen LogP contribution in [0.15, 0.2) is 84.9 Å². The molecule has 0 saturated heterocycles. The predicted octanol–water partition coefficient (Wildman–Crippen LogP) is 13.7. The molecule has 1 spiro atoms. The Hall–Kier alpha value is -4.61. The van der Waals surface area contributed by atoms with Gasteiger partial charge in [0.15, 0.2) is 5.69 Å². The first-order valence-corrected chi connectivity index (χ1v) is 21.3. The lowest BCUT2D eigenvalue weighted by atomic mass is 9.69. The van der Waals surface area contributed by atoms with E-state index in [4.69, 9.17) is 6.57 Å². The minimum atomic E-state index is -0.468. The Balaban J connectivity index is 1.25. The molecule has 0 saturated carbocycles. The fourth-order valence-corrected chi connectivity index (χ4v) is 10.6. The summed E-state index contributed by atoms with van der Waals surface area (Å²) in [6.45, 7) is 19.9. The first-order valence-electron chi connectivity index (χ1n) is 21.3. The van der Waals surface area contributed by atoms with Crippen LogP contribution in [0.25, 0.3) is 38.2 Å². The highest BCUT2D eigenvalue weighted by molar-refractivity contribution is 5.97. The molecule has 5 aromatic carbocycles. The summed E-state index contributed by atoms with van der Waals surface area (Å²) in [6, 6.07) is 33.7. The van der Waals surface area contributed by atoms with E-state index in [-0.39, 0.29) is 0 Å². The quantitative estimate of drug-likeness (QED) is 0.121. The fraction of sp³-hybridized carbons (Fsp3) is 0.404. The van der Waals surface area contributed by atoms with Crippen LogP contribution in [-0.2, 0) is 31.1 Å². The molecule has 0 aromatic heterocycles. The van der Waals surface area contributed by atoms with Gasteiger partial charge >= 0.3 is 0 Å². The van der Waals surface area contributed by atoms with Crippen molar-refractivity contribution in [2.75, 3.05) is 18.0 Å². The zero-order valence-electron chi connectivity index (χ0n) is 33.0. The van der Waals surface area contributed by atoms with Gasteiger partial charge in [-0.2, -0.15) is 0 Å². The second kappa shape index (κ2) is 14.2. The van der Waals surface area contributed by atoms with Gasteiger partial charge in [-0.3, -0.25) is 0 Å². The van der Waals surface area contributed by atoms with Gasteiger partial charge in [-0.05, 0) is 159 Å². The lowest BCUT2D eigenvalue weighted by Crippen LogP contribution is -2.34. The monoisotopic (exact) mass is 708 g/mol. The third-order valence-electron chi connectivity index (χ3n) is 13.9. The van der Waals surface area contributed by atoms with Gasteiger partial charge < -0.3 is 4.90 Å². The second-order valence-corrected chi connectivity index (χ2v) is 17.3. The summed E-state index contributed by atoms with van der Waals surface area (Å²) in [5, 5.41) is 0. The maximum Gasteiger partial charge on any atom is 0.187 e. The van der Waals surface area contributed by atoms with Crippen LogP contribution in [0.3, 0.4) is 0 Å². The molecule has 0 radical (unpaired) electrons. The Morgan fingerprint density at radius 2 is 1.11 bits per heavy atom. The minimum absolute atomic E-state index is 0.468. The topological polar surface area (TPSA) is 7.60 Å². The lowest BCUT2D eigenvalue weighted by Gasteiger charge is -2.37. The molecular weight excluding hydrogens is 653 g/mol. The Morgan fingerprint density at radius 1 is 0.611 bits per heavy atom. The van der Waals surface area contributed by atoms with Gasteiger partial charge in [0, 0.05) is 18.8 Å². The number of hydrogen-bond donors (Lipinski definition) is 0. The van der Waals surface area contributed by atoms with Crippen LogP contribution < -0.4 is 4.90 Å². The molecule has 5 aromatic rings. The lowest BCUT2D eigenvalue weighted by molar-refractivity contribution is 0.495. The molecule has 274 valence electrons. The molecule has 0 fully saturated rings. The van der Waals surface area contributed by atoms with E-state index in [1.165, 1.54) is 161 Å². The molecule has 2 nitrogen and oxygen atoms in total. The number of anilines is 1. The molecule has 2 heterocycles. The third kappa shape index (κ3) is 5.73. The van der Waals surface area contributed by atoms with Gasteiger partial charge in [0.1, 0.15) is 0 Å². The number of fused-ring (bicyclic) bond motifs is 10. The van der Waals surface area contributed by atoms with E-state index in [9.17, 15) is 0 Å². The Labute approximate surface area is 324 Å². The smallest absolute Gasteiger partial charge is 0.187 e. The zero-order chi connectivity index (χ0) is 37.0. The van der Waals surface area contributed by atoms with Crippen molar-refractivity contribution in [3.63, 3.8) is 0 Å². The molecule has 3 unspecified atom stereocenters. The largest absolute Gasteiger partial charge is 0.371 e. The van der Waals surface area contributed by atoms with Crippen molar-refractivity contribution in [1.82, 2.24) is 0 Å². The average Bonchev–Trinajstić information content (AvgIpc) is 3.66. The van der Waals surface area contributed by atoms with Crippen molar-refractivity contribution < 1.29 is 0 Å². The fourth-order valence-electron chi connectivity index (χ4n) is 10.6. The second-order valence-electron chi connectivity index (χ2n) is 17.3. The van der Waals surface area contributed by atoms with Crippen LogP contribution in [-0.4, -0.2) is 13.1 Å². The first kappa shape index (κ1) is 35.1. The molecule has 0 bridgehead atoms. The third-order valence-corrected chi connectivity index (χ3v) is 13.9. The summed E-state index contributed by atoms with van der Waals surface area (Å²) >= 11 is 0. The molecule has 2 aliphatic carbocycles. The van der Waals surface area contributed by atoms with Gasteiger partial charge in [-0.25, -0.2) is 4.85 Å². The van der Waals surface area contributed by atoms with Crippen molar-refractivity contribution in [3.05, 3.63) is 141 Å². The molecule has 0 N–H and O–H groups in total. The van der Waals surface area contributed by atoms with Crippen LogP contribution >= 0.6 is 0 Å². The van der Waals surface area contributed by atoms with Crippen molar-refractivity contribution in [2.24, 2.45) is 11.8 Å². The molecule has 2 aliphatic heterocycles. The van der Waals surface area contributed by atoms with Crippen LogP contribution in [0, 0.1) is 18.4 Å². The van der Waals surface area contributed by atoms with Crippen molar-refractivity contribution in [2.45, 2.75) is 110 Å². The molecule has 4 aliphatic rings. The van der Waals surface area contributed by atoms with Crippen LogP contribution in [0.5, 0.6) is 0 Å². The summed E-state index contributed by atoms with van der Waals surface area (Å²) in [5.74, 6) is 1.52. The highest BCUT2D eigenvalue weighted by Gasteiger charge is 2.52. The van der Waals surface area contributed by atoms with Crippen LogP contribution in [0.4, 0.5) is 11.4 Å². The number of rotatable bonds is 11. The predicted molar refractivity (Wildman–Crippen MR) is 228 cm³/mol. The summed E-state index contributed by atoms with van der Waals surface area (Å²) in [6.07, 6.45) is 14.5. The molecule has 54 heavy (non-hydrogen) atoms. The van der Waals surface area contributed by atoms with Gasteiger partial charge in [0.25, 0.3) is 0 Å². The van der Waals surface area contributed by atoms with Crippen LogP contribution in [0.2, 0.25) is 0 Å². The molecule has 9 rings (SSSR count). The van der Waals surface area contributed by atoms with Crippen molar-refractivity contribution in [1.29, 1.82) is 0 Å². The maximum absolute atomic E-state index is 8.14. The summed E-state index contributed by atoms with van der Waals surface area (Å²) in [5.41, 5.74) is 21.2. The van der Waals surface area contributed by atoms with Crippen molar-refractivity contribution >= 4 is 11.4 Å². The van der Waals surface area contributed by atoms with E-state index in [0.717, 1.165) is 30.4 Å². The molecule has 0 amide bonds. The first-order chi connectivity index (χ1) is 26.4. The van der Waals surface area contributed by atoms with E-state index in [1.54, 1.807) is 0 Å². The highest BCUT2D eigenvalue weighted by Crippen LogP contribution is 2.64. The van der Waals surface area contributed by atoms with Crippen LogP contribution in [0.1, 0.15) is 124 Å². The Morgan fingerprint density at radius 3 is 1.65 bits per heavy atom. The standard InChI is InChI=1S/C52H56N2/c1-6-34(3)12-8-14-36-18-22-43-45-24-20-38(41-30-39-16-10-26-54-27-11-17-40(31-41)51(39)54)32-49(45)52(47(43)28-36)48-29-37(15-9-13-35(4)7-2)19-23-44(48)46-25-21-42(53-5)33-50(46)52/h18-25,28-35H,6-17,26-27H2,1-4H3. The van der Waals surface area contributed by atoms with Crippen molar-refractivity contribution in [3.8, 4) is 33.4 Å². The van der Waals surface area contributed by atoms with Gasteiger partial charge in [-0.15, -0.1) is 0 Å². The molecule has 2 heteroatoms. The Bertz CT molecular complexity index is 2220. The highest BCUT2D eigenvalue weighted by atomic mass is 15.1. The van der Waals surface area contributed by atoms with Gasteiger partial charge in [-0.1, -0.05) is 120 Å². The zero-order valence-corrected chi connectivity index (χ0v) is 33.0. The Kier molecular flexibility index (Phi) is 9.25. The van der Waals surface area contributed by atoms with E-state index < -0.39 is 5.41 Å². The van der Waals surface area contributed by atoms with E-state index in [0.29, 0.717) is 0 Å². The van der Waals surface area contributed by atoms with E-state index >= 15 is 0 Å². The molecular formula is C52H56N2. The SMILES string of the molecule is [C-]#[N+]c1ccc2c(c1)C1(c3cc(CCCC(C)CC)ccc3-2)c2cc(CCCC(C)CC)ccc2-c2ccc(-c3cc4c5c(c3)CCCN5CCC4)cc21. The maximum atomic E-state index is 8.14. The summed E-state index contributed by atoms with van der Waals surface area (Å²) in [7, 11) is 0.